The first kappa shape index (κ1) is 20.9. The third-order valence-corrected chi connectivity index (χ3v) is 3.66. The molecule has 2 heteroatoms. The highest BCUT2D eigenvalue weighted by Crippen LogP contribution is 2.17. The van der Waals surface area contributed by atoms with Crippen LogP contribution in [0.15, 0.2) is 47.6 Å². The van der Waals surface area contributed by atoms with Crippen LogP contribution in [0.3, 0.4) is 0 Å². The minimum absolute atomic E-state index is 0.283. The maximum atomic E-state index is 9.96. The molecule has 0 aromatic carbocycles. The molecule has 0 saturated carbocycles. The van der Waals surface area contributed by atoms with E-state index in [1.54, 1.807) is 6.92 Å². The summed E-state index contributed by atoms with van der Waals surface area (Å²) in [6.07, 6.45) is 11.7. The maximum absolute atomic E-state index is 9.96. The predicted octanol–water partition coefficient (Wildman–Crippen LogP) is 5.09. The summed E-state index contributed by atoms with van der Waals surface area (Å²) in [6.45, 7) is 13.7. The molecule has 0 spiro atoms. The molecule has 0 aliphatic carbocycles. The molecule has 0 aliphatic rings. The van der Waals surface area contributed by atoms with Gasteiger partial charge in [-0.15, -0.1) is 6.58 Å². The van der Waals surface area contributed by atoms with Crippen molar-refractivity contribution in [1.82, 2.24) is 0 Å². The van der Waals surface area contributed by atoms with Gasteiger partial charge in [-0.25, -0.2) is 0 Å². The number of hydrogen-bond acceptors (Lipinski definition) is 2. The van der Waals surface area contributed by atoms with Gasteiger partial charge in [0.1, 0.15) is 0 Å². The van der Waals surface area contributed by atoms with E-state index in [9.17, 15) is 10.2 Å². The molecule has 0 unspecified atom stereocenters. The molecule has 0 rings (SSSR count). The van der Waals surface area contributed by atoms with Crippen molar-refractivity contribution < 1.29 is 10.2 Å². The van der Waals surface area contributed by atoms with E-state index in [0.29, 0.717) is 0 Å². The van der Waals surface area contributed by atoms with E-state index >= 15 is 0 Å². The molecule has 2 nitrogen and oxygen atoms in total. The summed E-state index contributed by atoms with van der Waals surface area (Å²) in [7, 11) is 0. The molecule has 0 aliphatic heterocycles. The average Bonchev–Trinajstić information content (AvgIpc) is 2.37. The molecule has 0 heterocycles. The Balaban J connectivity index is 4.21. The van der Waals surface area contributed by atoms with Crippen LogP contribution in [0, 0.1) is 0 Å². The van der Waals surface area contributed by atoms with E-state index in [0.717, 1.165) is 31.3 Å². The minimum atomic E-state index is -1.02. The third kappa shape index (κ3) is 11.5. The number of aliphatic hydroxyl groups excluding tert-OH is 1. The van der Waals surface area contributed by atoms with Gasteiger partial charge in [-0.05, 0) is 60.3 Å². The fourth-order valence-corrected chi connectivity index (χ4v) is 2.21. The summed E-state index contributed by atoms with van der Waals surface area (Å²) in [6, 6.07) is 0. The molecule has 0 aromatic rings. The first-order valence-corrected chi connectivity index (χ1v) is 8.16. The van der Waals surface area contributed by atoms with Crippen LogP contribution in [0.25, 0.3) is 0 Å². The highest BCUT2D eigenvalue weighted by Gasteiger charge is 2.19. The number of allylic oxidation sites excluding steroid dienone is 5. The van der Waals surface area contributed by atoms with Gasteiger partial charge in [0.2, 0.25) is 0 Å². The third-order valence-electron chi connectivity index (χ3n) is 3.66. The van der Waals surface area contributed by atoms with E-state index in [2.05, 4.69) is 39.5 Å². The second-order valence-corrected chi connectivity index (χ2v) is 6.76. The quantitative estimate of drug-likeness (QED) is 0.552. The lowest BCUT2D eigenvalue weighted by molar-refractivity contribution is 0.0574. The van der Waals surface area contributed by atoms with Crippen LogP contribution in [0.1, 0.15) is 66.7 Å². The normalized spacial score (nSPS) is 16.9. The zero-order valence-electron chi connectivity index (χ0n) is 15.0. The van der Waals surface area contributed by atoms with Gasteiger partial charge in [0.25, 0.3) is 0 Å². The minimum Gasteiger partial charge on any atom is -0.389 e. The second-order valence-electron chi connectivity index (χ2n) is 6.76. The Morgan fingerprint density at radius 2 is 1.59 bits per heavy atom. The molecule has 0 radical (unpaired) electrons. The van der Waals surface area contributed by atoms with Crippen LogP contribution in [0.4, 0.5) is 0 Å². The van der Waals surface area contributed by atoms with E-state index in [-0.39, 0.29) is 6.42 Å². The van der Waals surface area contributed by atoms with Crippen molar-refractivity contribution in [3.8, 4) is 0 Å². The topological polar surface area (TPSA) is 40.5 Å². The number of hydrogen-bond donors (Lipinski definition) is 2. The summed E-state index contributed by atoms with van der Waals surface area (Å²) in [4.78, 5) is 0. The molecule has 0 fully saturated rings. The average molecular weight is 306 g/mol. The molecule has 126 valence electrons. The SMILES string of the molecule is C=C[C@@](C)(O)C[C@H](O)/C=C(\C)CC/C=C(\C)CCC=C(C)C. The van der Waals surface area contributed by atoms with Crippen molar-refractivity contribution >= 4 is 0 Å². The predicted molar refractivity (Wildman–Crippen MR) is 96.9 cm³/mol. The van der Waals surface area contributed by atoms with Crippen LogP contribution in [-0.2, 0) is 0 Å². The van der Waals surface area contributed by atoms with Crippen molar-refractivity contribution in [2.75, 3.05) is 0 Å². The largest absolute Gasteiger partial charge is 0.389 e. The summed E-state index contributed by atoms with van der Waals surface area (Å²) in [5.74, 6) is 0. The monoisotopic (exact) mass is 306 g/mol. The highest BCUT2D eigenvalue weighted by molar-refractivity contribution is 5.08. The number of rotatable bonds is 10. The van der Waals surface area contributed by atoms with Crippen molar-refractivity contribution in [3.63, 3.8) is 0 Å². The van der Waals surface area contributed by atoms with Gasteiger partial charge in [-0.2, -0.15) is 0 Å². The van der Waals surface area contributed by atoms with Crippen LogP contribution >= 0.6 is 0 Å². The second kappa shape index (κ2) is 10.6. The zero-order valence-corrected chi connectivity index (χ0v) is 15.0. The molecule has 0 saturated heterocycles. The lowest BCUT2D eigenvalue weighted by Gasteiger charge is -2.20. The smallest absolute Gasteiger partial charge is 0.0824 e. The Labute approximate surface area is 137 Å². The van der Waals surface area contributed by atoms with Crippen LogP contribution < -0.4 is 0 Å². The zero-order chi connectivity index (χ0) is 17.2. The summed E-state index contributed by atoms with van der Waals surface area (Å²) < 4.78 is 0. The van der Waals surface area contributed by atoms with Crippen molar-refractivity contribution in [3.05, 3.63) is 47.6 Å². The molecule has 0 amide bonds. The lowest BCUT2D eigenvalue weighted by Crippen LogP contribution is -2.26. The van der Waals surface area contributed by atoms with Crippen molar-refractivity contribution in [1.29, 1.82) is 0 Å². The molecular weight excluding hydrogens is 272 g/mol. The van der Waals surface area contributed by atoms with Crippen molar-refractivity contribution in [2.45, 2.75) is 78.4 Å². The fraction of sp³-hybridized carbons (Fsp3) is 0.600. The Morgan fingerprint density at radius 3 is 2.14 bits per heavy atom. The van der Waals surface area contributed by atoms with Gasteiger partial charge in [0, 0.05) is 6.42 Å². The van der Waals surface area contributed by atoms with Crippen molar-refractivity contribution in [2.24, 2.45) is 0 Å². The van der Waals surface area contributed by atoms with Gasteiger partial charge < -0.3 is 10.2 Å². The lowest BCUT2D eigenvalue weighted by atomic mass is 9.97. The van der Waals surface area contributed by atoms with Gasteiger partial charge >= 0.3 is 0 Å². The standard InChI is InChI=1S/C20H34O2/c1-7-20(6,22)15-19(21)14-18(5)13-9-12-17(4)11-8-10-16(2)3/h7,10,12,14,19,21-22H,1,8-9,11,13,15H2,2-6H3/b17-12+,18-14+/t19-,20-/m1/s1. The van der Waals surface area contributed by atoms with Gasteiger partial charge in [-0.3, -0.25) is 0 Å². The van der Waals surface area contributed by atoms with Crippen LogP contribution in [0.5, 0.6) is 0 Å². The van der Waals surface area contributed by atoms with E-state index in [1.807, 2.05) is 13.0 Å². The number of aliphatic hydroxyl groups is 2. The van der Waals surface area contributed by atoms with Gasteiger partial charge in [0.05, 0.1) is 11.7 Å². The molecule has 22 heavy (non-hydrogen) atoms. The van der Waals surface area contributed by atoms with E-state index in [4.69, 9.17) is 0 Å². The molecule has 0 bridgehead atoms. The molecular formula is C20H34O2. The Bertz CT molecular complexity index is 421. The van der Waals surface area contributed by atoms with Gasteiger partial charge in [-0.1, -0.05) is 41.0 Å². The van der Waals surface area contributed by atoms with E-state index in [1.165, 1.54) is 17.2 Å². The Morgan fingerprint density at radius 1 is 1.05 bits per heavy atom. The maximum Gasteiger partial charge on any atom is 0.0824 e. The Kier molecular flexibility index (Phi) is 10.0. The van der Waals surface area contributed by atoms with Gasteiger partial charge in [0.15, 0.2) is 0 Å². The highest BCUT2D eigenvalue weighted by atomic mass is 16.3. The first-order valence-electron chi connectivity index (χ1n) is 8.16. The summed E-state index contributed by atoms with van der Waals surface area (Å²) in [5, 5.41) is 19.8. The van der Waals surface area contributed by atoms with Crippen LogP contribution in [0.2, 0.25) is 0 Å². The first-order chi connectivity index (χ1) is 10.2. The summed E-state index contributed by atoms with van der Waals surface area (Å²) in [5.41, 5.74) is 2.93. The fourth-order valence-electron chi connectivity index (χ4n) is 2.21. The summed E-state index contributed by atoms with van der Waals surface area (Å²) >= 11 is 0. The van der Waals surface area contributed by atoms with E-state index < -0.39 is 11.7 Å². The molecule has 0 aromatic heterocycles. The molecule has 2 N–H and O–H groups in total. The van der Waals surface area contributed by atoms with Crippen LogP contribution in [-0.4, -0.2) is 21.9 Å². The molecule has 2 atom stereocenters. The Hall–Kier alpha value is -1.12.